The number of ether oxygens (including phenoxy) is 2. The van der Waals surface area contributed by atoms with Crippen LogP contribution in [0.15, 0.2) is 23.7 Å². The number of hydrogen-bond donors (Lipinski definition) is 1. The molecule has 0 aromatic rings. The van der Waals surface area contributed by atoms with E-state index in [0.29, 0.717) is 25.7 Å². The van der Waals surface area contributed by atoms with E-state index in [-0.39, 0.29) is 0 Å². The maximum atomic E-state index is 8.70. The first-order chi connectivity index (χ1) is 7.90. The summed E-state index contributed by atoms with van der Waals surface area (Å²) in [7, 11) is 0. The molecule has 3 nitrogen and oxygen atoms in total. The highest BCUT2D eigenvalue weighted by Crippen LogP contribution is 2.30. The lowest BCUT2D eigenvalue weighted by molar-refractivity contribution is 0.0589. The highest BCUT2D eigenvalue weighted by atomic mass is 16.6. The largest absolute Gasteiger partial charge is 0.490 e. The van der Waals surface area contributed by atoms with Crippen LogP contribution in [0, 0.1) is 5.92 Å². The summed E-state index contributed by atoms with van der Waals surface area (Å²) in [5, 5.41) is 8.70. The molecule has 0 saturated carbocycles. The number of unbranched alkanes of at least 4 members (excludes halogenated alkanes) is 2. The smallest absolute Gasteiger partial charge is 0.156 e. The van der Waals surface area contributed by atoms with Crippen LogP contribution in [0.25, 0.3) is 0 Å². The van der Waals surface area contributed by atoms with Crippen LogP contribution >= 0.6 is 0 Å². The van der Waals surface area contributed by atoms with Crippen LogP contribution in [-0.4, -0.2) is 24.9 Å². The van der Waals surface area contributed by atoms with Crippen molar-refractivity contribution in [2.24, 2.45) is 5.92 Å². The van der Waals surface area contributed by atoms with Gasteiger partial charge in [-0.3, -0.25) is 0 Å². The number of aliphatic hydroxyl groups is 1. The van der Waals surface area contributed by atoms with E-state index in [1.807, 2.05) is 0 Å². The Morgan fingerprint density at radius 2 is 2.06 bits per heavy atom. The minimum absolute atomic E-state index is 0.312. The Bertz CT molecular complexity index is 281. The molecule has 90 valence electrons. The maximum Gasteiger partial charge on any atom is 0.156 e. The van der Waals surface area contributed by atoms with Gasteiger partial charge in [0.1, 0.15) is 19.0 Å². The quantitative estimate of drug-likeness (QED) is 0.729. The molecule has 1 N–H and O–H groups in total. The predicted molar refractivity (Wildman–Crippen MR) is 61.7 cm³/mol. The fraction of sp³-hybridized carbons (Fsp3) is 0.692. The van der Waals surface area contributed by atoms with Gasteiger partial charge in [0.2, 0.25) is 0 Å². The van der Waals surface area contributed by atoms with Crippen LogP contribution in [-0.2, 0) is 9.47 Å². The molecule has 16 heavy (non-hydrogen) atoms. The Kier molecular flexibility index (Phi) is 4.28. The maximum absolute atomic E-state index is 8.70. The molecule has 0 aromatic heterocycles. The summed E-state index contributed by atoms with van der Waals surface area (Å²) in [6.07, 6.45) is 9.65. The first-order valence-electron chi connectivity index (χ1n) is 6.18. The topological polar surface area (TPSA) is 38.7 Å². The molecule has 1 aliphatic heterocycles. The lowest BCUT2D eigenvalue weighted by Crippen LogP contribution is -2.17. The first-order valence-corrected chi connectivity index (χ1v) is 6.18. The van der Waals surface area contributed by atoms with Gasteiger partial charge in [-0.2, -0.15) is 0 Å². The summed E-state index contributed by atoms with van der Waals surface area (Å²) in [5.74, 6) is 2.54. The van der Waals surface area contributed by atoms with Crippen LogP contribution in [0.4, 0.5) is 0 Å². The number of aliphatic hydroxyl groups excluding tert-OH is 1. The van der Waals surface area contributed by atoms with Gasteiger partial charge in [0.15, 0.2) is 5.76 Å². The van der Waals surface area contributed by atoms with E-state index in [1.54, 1.807) is 0 Å². The van der Waals surface area contributed by atoms with E-state index in [4.69, 9.17) is 14.6 Å². The fourth-order valence-corrected chi connectivity index (χ4v) is 2.19. The van der Waals surface area contributed by atoms with Gasteiger partial charge in [0.05, 0.1) is 0 Å². The molecule has 2 rings (SSSR count). The van der Waals surface area contributed by atoms with Crippen molar-refractivity contribution in [1.82, 2.24) is 0 Å². The summed E-state index contributed by atoms with van der Waals surface area (Å²) in [4.78, 5) is 0. The molecule has 0 saturated heterocycles. The van der Waals surface area contributed by atoms with Crippen molar-refractivity contribution >= 4 is 0 Å². The second kappa shape index (κ2) is 5.94. The Labute approximate surface area is 96.7 Å². The summed E-state index contributed by atoms with van der Waals surface area (Å²) in [5.41, 5.74) is 0. The van der Waals surface area contributed by atoms with Crippen molar-refractivity contribution in [3.05, 3.63) is 23.7 Å². The number of hydrogen-bond acceptors (Lipinski definition) is 3. The zero-order chi connectivity index (χ0) is 11.2. The van der Waals surface area contributed by atoms with E-state index in [0.717, 1.165) is 30.8 Å². The Balaban J connectivity index is 1.75. The zero-order valence-electron chi connectivity index (χ0n) is 9.65. The molecule has 0 bridgehead atoms. The third kappa shape index (κ3) is 3.01. The van der Waals surface area contributed by atoms with Crippen molar-refractivity contribution in [2.45, 2.75) is 32.1 Å². The third-order valence-corrected chi connectivity index (χ3v) is 3.09. The van der Waals surface area contributed by atoms with Gasteiger partial charge < -0.3 is 14.6 Å². The van der Waals surface area contributed by atoms with Crippen molar-refractivity contribution in [1.29, 1.82) is 0 Å². The van der Waals surface area contributed by atoms with E-state index >= 15 is 0 Å². The Morgan fingerprint density at radius 3 is 2.94 bits per heavy atom. The predicted octanol–water partition coefficient (Wildman–Crippen LogP) is 2.37. The monoisotopic (exact) mass is 224 g/mol. The average molecular weight is 224 g/mol. The van der Waals surface area contributed by atoms with Gasteiger partial charge in [0, 0.05) is 13.0 Å². The lowest BCUT2D eigenvalue weighted by atomic mass is 9.92. The Hall–Kier alpha value is -0.960. The summed E-state index contributed by atoms with van der Waals surface area (Å²) in [6, 6.07) is 0. The van der Waals surface area contributed by atoms with Crippen molar-refractivity contribution in [2.75, 3.05) is 19.8 Å². The molecule has 2 aliphatic rings. The average Bonchev–Trinajstić information content (AvgIpc) is 2.34. The molecule has 1 unspecified atom stereocenters. The van der Waals surface area contributed by atoms with E-state index in [2.05, 4.69) is 12.2 Å². The van der Waals surface area contributed by atoms with Gasteiger partial charge in [-0.15, -0.1) is 0 Å². The van der Waals surface area contributed by atoms with Gasteiger partial charge in [-0.05, 0) is 24.8 Å². The highest BCUT2D eigenvalue weighted by molar-refractivity contribution is 5.23. The third-order valence-electron chi connectivity index (χ3n) is 3.09. The SMILES string of the molecule is OCCCCCC1C=CC2=C(C1)OCCO2. The summed E-state index contributed by atoms with van der Waals surface area (Å²) >= 11 is 0. The molecule has 0 fully saturated rings. The summed E-state index contributed by atoms with van der Waals surface area (Å²) in [6.45, 7) is 1.67. The fourth-order valence-electron chi connectivity index (χ4n) is 2.19. The molecular weight excluding hydrogens is 204 g/mol. The number of rotatable bonds is 5. The molecule has 0 radical (unpaired) electrons. The Morgan fingerprint density at radius 1 is 1.19 bits per heavy atom. The minimum atomic E-state index is 0.312. The van der Waals surface area contributed by atoms with Gasteiger partial charge in [0.25, 0.3) is 0 Å². The summed E-state index contributed by atoms with van der Waals surface area (Å²) < 4.78 is 11.1. The van der Waals surface area contributed by atoms with Crippen molar-refractivity contribution < 1.29 is 14.6 Å². The van der Waals surface area contributed by atoms with Gasteiger partial charge in [-0.25, -0.2) is 0 Å². The molecular formula is C13H20O3. The van der Waals surface area contributed by atoms with Crippen LogP contribution in [0.5, 0.6) is 0 Å². The molecule has 0 amide bonds. The molecule has 0 aromatic carbocycles. The van der Waals surface area contributed by atoms with Crippen molar-refractivity contribution in [3.63, 3.8) is 0 Å². The van der Waals surface area contributed by atoms with Crippen LogP contribution < -0.4 is 0 Å². The molecule has 1 heterocycles. The second-order valence-corrected chi connectivity index (χ2v) is 4.38. The first kappa shape index (κ1) is 11.5. The molecule has 1 aliphatic carbocycles. The van der Waals surface area contributed by atoms with E-state index < -0.39 is 0 Å². The highest BCUT2D eigenvalue weighted by Gasteiger charge is 2.21. The molecule has 1 atom stereocenters. The van der Waals surface area contributed by atoms with Crippen molar-refractivity contribution in [3.8, 4) is 0 Å². The normalized spacial score (nSPS) is 23.7. The second-order valence-electron chi connectivity index (χ2n) is 4.38. The van der Waals surface area contributed by atoms with Gasteiger partial charge in [-0.1, -0.05) is 18.9 Å². The molecule has 0 spiro atoms. The molecule has 3 heteroatoms. The van der Waals surface area contributed by atoms with E-state index in [1.165, 1.54) is 12.8 Å². The van der Waals surface area contributed by atoms with E-state index in [9.17, 15) is 0 Å². The lowest BCUT2D eigenvalue weighted by Gasteiger charge is -2.26. The van der Waals surface area contributed by atoms with Gasteiger partial charge >= 0.3 is 0 Å². The van der Waals surface area contributed by atoms with Crippen LogP contribution in [0.3, 0.4) is 0 Å². The number of allylic oxidation sites excluding steroid dienone is 3. The van der Waals surface area contributed by atoms with Crippen LogP contribution in [0.2, 0.25) is 0 Å². The zero-order valence-corrected chi connectivity index (χ0v) is 9.65. The minimum Gasteiger partial charge on any atom is -0.490 e. The standard InChI is InChI=1S/C13H20O3/c14-7-3-1-2-4-11-5-6-12-13(10-11)16-9-8-15-12/h5-6,11,14H,1-4,7-10H2. The van der Waals surface area contributed by atoms with Crippen LogP contribution in [0.1, 0.15) is 32.1 Å².